The Morgan fingerprint density at radius 3 is 2.43 bits per heavy atom. The standard InChI is InChI=1S/C25H28N2O8/c1-4-11-34-24(30)16-5-7-18(8-6-16)26-22(28)15-35-25(31)17-12-23(29)27(14-17)20-10-9-19(32-2)13-21(20)33-3/h5-10,13,17H,4,11-12,14-15H2,1-3H3,(H,26,28)/t17-/m0/s1. The van der Waals surface area contributed by atoms with Crippen LogP contribution in [0.2, 0.25) is 0 Å². The molecule has 0 radical (unpaired) electrons. The predicted molar refractivity (Wildman–Crippen MR) is 127 cm³/mol. The molecule has 0 spiro atoms. The van der Waals surface area contributed by atoms with Gasteiger partial charge in [0.2, 0.25) is 5.91 Å². The fourth-order valence-corrected chi connectivity index (χ4v) is 3.53. The van der Waals surface area contributed by atoms with Gasteiger partial charge in [0.1, 0.15) is 11.5 Å². The maximum Gasteiger partial charge on any atom is 0.338 e. The average Bonchev–Trinajstić information content (AvgIpc) is 3.27. The van der Waals surface area contributed by atoms with E-state index in [9.17, 15) is 19.2 Å². The van der Waals surface area contributed by atoms with E-state index in [4.69, 9.17) is 18.9 Å². The van der Waals surface area contributed by atoms with Crippen LogP contribution >= 0.6 is 0 Å². The van der Waals surface area contributed by atoms with Gasteiger partial charge in [-0.05, 0) is 42.8 Å². The third-order valence-electron chi connectivity index (χ3n) is 5.32. The molecule has 0 unspecified atom stereocenters. The number of nitrogens with one attached hydrogen (secondary N) is 1. The highest BCUT2D eigenvalue weighted by Gasteiger charge is 2.37. The van der Waals surface area contributed by atoms with Gasteiger partial charge >= 0.3 is 11.9 Å². The summed E-state index contributed by atoms with van der Waals surface area (Å²) >= 11 is 0. The summed E-state index contributed by atoms with van der Waals surface area (Å²) in [5.74, 6) is -1.57. The molecule has 10 heteroatoms. The van der Waals surface area contributed by atoms with E-state index >= 15 is 0 Å². The fourth-order valence-electron chi connectivity index (χ4n) is 3.53. The lowest BCUT2D eigenvalue weighted by Gasteiger charge is -2.20. The monoisotopic (exact) mass is 484 g/mol. The van der Waals surface area contributed by atoms with E-state index in [1.165, 1.54) is 31.3 Å². The Balaban J connectivity index is 1.51. The molecule has 1 aliphatic heterocycles. The molecule has 1 N–H and O–H groups in total. The number of carbonyl (C=O) groups is 4. The summed E-state index contributed by atoms with van der Waals surface area (Å²) in [6, 6.07) is 11.2. The van der Waals surface area contributed by atoms with Crippen molar-refractivity contribution in [2.45, 2.75) is 19.8 Å². The first-order valence-electron chi connectivity index (χ1n) is 11.1. The highest BCUT2D eigenvalue weighted by atomic mass is 16.5. The van der Waals surface area contributed by atoms with Crippen LogP contribution in [0.1, 0.15) is 30.1 Å². The summed E-state index contributed by atoms with van der Waals surface area (Å²) in [7, 11) is 3.01. The highest BCUT2D eigenvalue weighted by molar-refractivity contribution is 6.01. The van der Waals surface area contributed by atoms with Gasteiger partial charge in [0.05, 0.1) is 38.0 Å². The third-order valence-corrected chi connectivity index (χ3v) is 5.32. The Kier molecular flexibility index (Phi) is 8.66. The number of benzene rings is 2. The molecule has 1 fully saturated rings. The van der Waals surface area contributed by atoms with E-state index in [2.05, 4.69) is 5.32 Å². The van der Waals surface area contributed by atoms with Crippen LogP contribution in [0.3, 0.4) is 0 Å². The lowest BCUT2D eigenvalue weighted by Crippen LogP contribution is -2.28. The minimum absolute atomic E-state index is 0.0365. The van der Waals surface area contributed by atoms with Crippen LogP contribution in [-0.2, 0) is 23.9 Å². The van der Waals surface area contributed by atoms with E-state index in [0.29, 0.717) is 35.0 Å². The Morgan fingerprint density at radius 1 is 1.03 bits per heavy atom. The molecule has 1 heterocycles. The molecule has 10 nitrogen and oxygen atoms in total. The Bertz CT molecular complexity index is 1080. The van der Waals surface area contributed by atoms with Gasteiger partial charge in [0, 0.05) is 24.7 Å². The topological polar surface area (TPSA) is 120 Å². The van der Waals surface area contributed by atoms with Crippen LogP contribution in [0.5, 0.6) is 11.5 Å². The van der Waals surface area contributed by atoms with Crippen molar-refractivity contribution in [1.29, 1.82) is 0 Å². The molecule has 2 aromatic rings. The number of esters is 2. The van der Waals surface area contributed by atoms with Crippen molar-refractivity contribution in [3.8, 4) is 11.5 Å². The molecule has 1 atom stereocenters. The molecule has 3 rings (SSSR count). The zero-order valence-corrected chi connectivity index (χ0v) is 19.9. The highest BCUT2D eigenvalue weighted by Crippen LogP contribution is 2.36. The molecular weight excluding hydrogens is 456 g/mol. The van der Waals surface area contributed by atoms with Gasteiger partial charge in [-0.1, -0.05) is 6.92 Å². The SMILES string of the molecule is CCCOC(=O)c1ccc(NC(=O)COC(=O)[C@H]2CC(=O)N(c3ccc(OC)cc3OC)C2)cc1. The van der Waals surface area contributed by atoms with Crippen LogP contribution in [0.15, 0.2) is 42.5 Å². The number of amides is 2. The zero-order chi connectivity index (χ0) is 25.4. The minimum Gasteiger partial charge on any atom is -0.497 e. The first-order valence-corrected chi connectivity index (χ1v) is 11.1. The summed E-state index contributed by atoms with van der Waals surface area (Å²) < 4.78 is 20.7. The number of carbonyl (C=O) groups excluding carboxylic acids is 4. The molecule has 0 bridgehead atoms. The molecule has 2 amide bonds. The molecule has 1 saturated heterocycles. The second kappa shape index (κ2) is 11.9. The molecule has 2 aromatic carbocycles. The van der Waals surface area contributed by atoms with Crippen LogP contribution < -0.4 is 19.7 Å². The normalized spacial score (nSPS) is 14.9. The van der Waals surface area contributed by atoms with Crippen molar-refractivity contribution < 1.29 is 38.1 Å². The number of methoxy groups -OCH3 is 2. The van der Waals surface area contributed by atoms with Crippen molar-refractivity contribution in [3.63, 3.8) is 0 Å². The summed E-state index contributed by atoms with van der Waals surface area (Å²) in [5, 5.41) is 2.59. The van der Waals surface area contributed by atoms with Crippen molar-refractivity contribution in [3.05, 3.63) is 48.0 Å². The third kappa shape index (κ3) is 6.50. The van der Waals surface area contributed by atoms with Crippen molar-refractivity contribution in [2.75, 3.05) is 44.2 Å². The van der Waals surface area contributed by atoms with Gasteiger partial charge in [-0.2, -0.15) is 0 Å². The van der Waals surface area contributed by atoms with Crippen LogP contribution in [-0.4, -0.2) is 57.7 Å². The number of hydrogen-bond donors (Lipinski definition) is 1. The fraction of sp³-hybridized carbons (Fsp3) is 0.360. The van der Waals surface area contributed by atoms with E-state index in [1.54, 1.807) is 30.3 Å². The van der Waals surface area contributed by atoms with Gasteiger partial charge in [-0.15, -0.1) is 0 Å². The molecule has 35 heavy (non-hydrogen) atoms. The molecule has 186 valence electrons. The number of ether oxygens (including phenoxy) is 4. The van der Waals surface area contributed by atoms with E-state index in [0.717, 1.165) is 6.42 Å². The largest absolute Gasteiger partial charge is 0.497 e. The van der Waals surface area contributed by atoms with Gasteiger partial charge in [-0.3, -0.25) is 14.4 Å². The molecule has 0 aliphatic carbocycles. The Morgan fingerprint density at radius 2 is 1.77 bits per heavy atom. The predicted octanol–water partition coefficient (Wildman–Crippen LogP) is 2.81. The second-order valence-electron chi connectivity index (χ2n) is 7.81. The average molecular weight is 485 g/mol. The van der Waals surface area contributed by atoms with Crippen LogP contribution in [0.25, 0.3) is 0 Å². The van der Waals surface area contributed by atoms with Gasteiger partial charge < -0.3 is 29.2 Å². The van der Waals surface area contributed by atoms with Gasteiger partial charge in [0.25, 0.3) is 5.91 Å². The van der Waals surface area contributed by atoms with Crippen LogP contribution in [0.4, 0.5) is 11.4 Å². The molecule has 1 aliphatic rings. The number of nitrogens with zero attached hydrogens (tertiary/aromatic N) is 1. The first kappa shape index (κ1) is 25.5. The Labute approximate surface area is 203 Å². The lowest BCUT2D eigenvalue weighted by molar-refractivity contribution is -0.151. The summed E-state index contributed by atoms with van der Waals surface area (Å²) in [6.07, 6.45) is 0.687. The molecular formula is C25H28N2O8. The summed E-state index contributed by atoms with van der Waals surface area (Å²) in [6.45, 7) is 1.84. The molecule has 0 saturated carbocycles. The van der Waals surface area contributed by atoms with E-state index in [1.807, 2.05) is 6.92 Å². The number of hydrogen-bond acceptors (Lipinski definition) is 8. The number of rotatable bonds is 10. The zero-order valence-electron chi connectivity index (χ0n) is 19.9. The van der Waals surface area contributed by atoms with Crippen molar-refractivity contribution in [2.24, 2.45) is 5.92 Å². The second-order valence-corrected chi connectivity index (χ2v) is 7.81. The minimum atomic E-state index is -0.712. The van der Waals surface area contributed by atoms with Crippen LogP contribution in [0, 0.1) is 5.92 Å². The smallest absolute Gasteiger partial charge is 0.338 e. The van der Waals surface area contributed by atoms with Crippen molar-refractivity contribution >= 4 is 35.1 Å². The molecule has 0 aromatic heterocycles. The maximum atomic E-state index is 12.5. The van der Waals surface area contributed by atoms with Crippen molar-refractivity contribution in [1.82, 2.24) is 0 Å². The van der Waals surface area contributed by atoms with E-state index in [-0.39, 0.29) is 18.9 Å². The number of anilines is 2. The lowest BCUT2D eigenvalue weighted by atomic mass is 10.1. The van der Waals surface area contributed by atoms with Gasteiger partial charge in [0.15, 0.2) is 6.61 Å². The van der Waals surface area contributed by atoms with E-state index < -0.39 is 30.4 Å². The van der Waals surface area contributed by atoms with Gasteiger partial charge in [-0.25, -0.2) is 4.79 Å². The summed E-state index contributed by atoms with van der Waals surface area (Å²) in [5.41, 5.74) is 1.33. The Hall–Kier alpha value is -4.08. The summed E-state index contributed by atoms with van der Waals surface area (Å²) in [4.78, 5) is 50.5. The first-order chi connectivity index (χ1) is 16.9. The maximum absolute atomic E-state index is 12.5. The quantitative estimate of drug-likeness (QED) is 0.511.